The molecule has 5 rings (SSSR count). The molecule has 0 radical (unpaired) electrons. The molecule has 0 atom stereocenters. The van der Waals surface area contributed by atoms with E-state index in [1.54, 1.807) is 25.3 Å². The smallest absolute Gasteiger partial charge is 0.266 e. The Morgan fingerprint density at radius 1 is 0.947 bits per heavy atom. The first-order chi connectivity index (χ1) is 18.5. The molecule has 8 nitrogen and oxygen atoms in total. The number of nitrogens with one attached hydrogen (secondary N) is 1. The molecule has 0 aliphatic carbocycles. The highest BCUT2D eigenvalue weighted by atomic mass is 19.1. The van der Waals surface area contributed by atoms with Crippen LogP contribution in [0.3, 0.4) is 0 Å². The third kappa shape index (κ3) is 5.68. The topological polar surface area (TPSA) is 79.7 Å². The van der Waals surface area contributed by atoms with Gasteiger partial charge >= 0.3 is 0 Å². The Balaban J connectivity index is 1.20. The summed E-state index contributed by atoms with van der Waals surface area (Å²) in [6, 6.07) is 20.8. The molecule has 196 valence electrons. The average molecular weight is 516 g/mol. The SMILES string of the molecule is COc1ccc(N2CCN(CCC(=O)NCc3nc4ccccc4c(=O)n3-c3ccc(F)cc3)CC2)cc1. The van der Waals surface area contributed by atoms with E-state index < -0.39 is 5.82 Å². The Labute approximate surface area is 220 Å². The summed E-state index contributed by atoms with van der Waals surface area (Å²) in [5, 5.41) is 3.37. The van der Waals surface area contributed by atoms with Crippen molar-refractivity contribution in [3.63, 3.8) is 0 Å². The van der Waals surface area contributed by atoms with E-state index >= 15 is 0 Å². The van der Waals surface area contributed by atoms with Crippen molar-refractivity contribution < 1.29 is 13.9 Å². The van der Waals surface area contributed by atoms with Crippen LogP contribution < -0.4 is 20.5 Å². The molecule has 3 aromatic carbocycles. The van der Waals surface area contributed by atoms with E-state index in [-0.39, 0.29) is 18.0 Å². The van der Waals surface area contributed by atoms with Gasteiger partial charge in [0.2, 0.25) is 5.91 Å². The summed E-state index contributed by atoms with van der Waals surface area (Å²) in [6.45, 7) is 4.25. The second-order valence-corrected chi connectivity index (χ2v) is 9.22. The number of nitrogens with zero attached hydrogens (tertiary/aromatic N) is 4. The summed E-state index contributed by atoms with van der Waals surface area (Å²) in [4.78, 5) is 35.2. The molecule has 1 fully saturated rings. The fourth-order valence-electron chi connectivity index (χ4n) is 4.70. The number of hydrogen-bond acceptors (Lipinski definition) is 6. The molecule has 2 heterocycles. The lowest BCUT2D eigenvalue weighted by molar-refractivity contribution is -0.121. The number of hydrogen-bond donors (Lipinski definition) is 1. The lowest BCUT2D eigenvalue weighted by Gasteiger charge is -2.36. The van der Waals surface area contributed by atoms with Gasteiger partial charge in [0.15, 0.2) is 0 Å². The molecule has 9 heteroatoms. The number of halogens is 1. The van der Waals surface area contributed by atoms with Crippen LogP contribution in [-0.2, 0) is 11.3 Å². The zero-order valence-electron chi connectivity index (χ0n) is 21.3. The molecule has 0 spiro atoms. The van der Waals surface area contributed by atoms with Gasteiger partial charge in [0, 0.05) is 44.8 Å². The Morgan fingerprint density at radius 3 is 2.34 bits per heavy atom. The lowest BCUT2D eigenvalue weighted by atomic mass is 10.2. The normalized spacial score (nSPS) is 14.0. The van der Waals surface area contributed by atoms with Crippen molar-refractivity contribution in [3.8, 4) is 11.4 Å². The summed E-state index contributed by atoms with van der Waals surface area (Å²) >= 11 is 0. The molecular formula is C29H30FN5O3. The number of carbonyl (C=O) groups is 1. The van der Waals surface area contributed by atoms with Crippen molar-refractivity contribution in [2.75, 3.05) is 44.7 Å². The second kappa shape index (κ2) is 11.4. The highest BCUT2D eigenvalue weighted by molar-refractivity contribution is 5.78. The van der Waals surface area contributed by atoms with Gasteiger partial charge in [0.1, 0.15) is 17.4 Å². The first-order valence-electron chi connectivity index (χ1n) is 12.7. The zero-order chi connectivity index (χ0) is 26.5. The van der Waals surface area contributed by atoms with Gasteiger partial charge in [0.05, 0.1) is 30.2 Å². The number of piperazine rings is 1. The van der Waals surface area contributed by atoms with Crippen LogP contribution in [0.4, 0.5) is 10.1 Å². The molecular weight excluding hydrogens is 485 g/mol. The Morgan fingerprint density at radius 2 is 1.63 bits per heavy atom. The van der Waals surface area contributed by atoms with Crippen molar-refractivity contribution in [2.45, 2.75) is 13.0 Å². The van der Waals surface area contributed by atoms with Gasteiger partial charge in [-0.2, -0.15) is 0 Å². The number of anilines is 1. The van der Waals surface area contributed by atoms with Crippen molar-refractivity contribution in [3.05, 3.63) is 94.8 Å². The molecule has 0 bridgehead atoms. The molecule has 0 unspecified atom stereocenters. The second-order valence-electron chi connectivity index (χ2n) is 9.22. The van der Waals surface area contributed by atoms with Crippen molar-refractivity contribution >= 4 is 22.5 Å². The first kappa shape index (κ1) is 25.4. The summed E-state index contributed by atoms with van der Waals surface area (Å²) in [6.07, 6.45) is 0.344. The first-order valence-corrected chi connectivity index (χ1v) is 12.7. The number of ether oxygens (including phenoxy) is 1. The number of carbonyl (C=O) groups excluding carboxylic acids is 1. The van der Waals surface area contributed by atoms with Gasteiger partial charge in [-0.05, 0) is 60.7 Å². The van der Waals surface area contributed by atoms with Crippen LogP contribution >= 0.6 is 0 Å². The summed E-state index contributed by atoms with van der Waals surface area (Å²) in [5.41, 5.74) is 1.95. The van der Waals surface area contributed by atoms with E-state index in [0.717, 1.165) is 31.9 Å². The predicted octanol–water partition coefficient (Wildman–Crippen LogP) is 3.36. The van der Waals surface area contributed by atoms with Crippen LogP contribution in [0.25, 0.3) is 16.6 Å². The predicted molar refractivity (Wildman–Crippen MR) is 145 cm³/mol. The van der Waals surface area contributed by atoms with E-state index in [0.29, 0.717) is 35.4 Å². The average Bonchev–Trinajstić information content (AvgIpc) is 2.96. The largest absolute Gasteiger partial charge is 0.497 e. The van der Waals surface area contributed by atoms with E-state index in [1.807, 2.05) is 18.2 Å². The third-order valence-electron chi connectivity index (χ3n) is 6.84. The van der Waals surface area contributed by atoms with E-state index in [4.69, 9.17) is 4.74 Å². The van der Waals surface area contributed by atoms with Crippen LogP contribution in [-0.4, -0.2) is 60.2 Å². The van der Waals surface area contributed by atoms with E-state index in [9.17, 15) is 14.0 Å². The van der Waals surface area contributed by atoms with Crippen LogP contribution in [0.15, 0.2) is 77.6 Å². The third-order valence-corrected chi connectivity index (χ3v) is 6.84. The molecule has 4 aromatic rings. The summed E-state index contributed by atoms with van der Waals surface area (Å²) < 4.78 is 20.2. The maximum absolute atomic E-state index is 13.5. The van der Waals surface area contributed by atoms with Crippen LogP contribution in [0.1, 0.15) is 12.2 Å². The van der Waals surface area contributed by atoms with Crippen LogP contribution in [0, 0.1) is 5.82 Å². The number of para-hydroxylation sites is 1. The minimum absolute atomic E-state index is 0.0849. The van der Waals surface area contributed by atoms with E-state index in [1.165, 1.54) is 34.5 Å². The van der Waals surface area contributed by atoms with Gasteiger partial charge < -0.3 is 15.0 Å². The minimum Gasteiger partial charge on any atom is -0.497 e. The number of aromatic nitrogens is 2. The molecule has 1 aliphatic heterocycles. The molecule has 1 N–H and O–H groups in total. The quantitative estimate of drug-likeness (QED) is 0.388. The number of methoxy groups -OCH3 is 1. The number of fused-ring (bicyclic) bond motifs is 1. The summed E-state index contributed by atoms with van der Waals surface area (Å²) in [5.74, 6) is 0.722. The van der Waals surface area contributed by atoms with Gasteiger partial charge in [-0.15, -0.1) is 0 Å². The van der Waals surface area contributed by atoms with Gasteiger partial charge in [-0.25, -0.2) is 9.37 Å². The maximum Gasteiger partial charge on any atom is 0.266 e. The van der Waals surface area contributed by atoms with Crippen LogP contribution in [0.5, 0.6) is 5.75 Å². The monoisotopic (exact) mass is 515 g/mol. The lowest BCUT2D eigenvalue weighted by Crippen LogP contribution is -2.47. The Kier molecular flexibility index (Phi) is 7.65. The minimum atomic E-state index is -0.393. The highest BCUT2D eigenvalue weighted by Gasteiger charge is 2.19. The number of benzene rings is 3. The summed E-state index contributed by atoms with van der Waals surface area (Å²) in [7, 11) is 1.66. The molecule has 1 aromatic heterocycles. The highest BCUT2D eigenvalue weighted by Crippen LogP contribution is 2.20. The van der Waals surface area contributed by atoms with E-state index in [2.05, 4.69) is 32.2 Å². The molecule has 1 amide bonds. The Hall–Kier alpha value is -4.24. The zero-order valence-corrected chi connectivity index (χ0v) is 21.3. The van der Waals surface area contributed by atoms with Crippen molar-refractivity contribution in [2.24, 2.45) is 0 Å². The standard InChI is InChI=1S/C29H30FN5O3/c1-38-24-12-10-22(11-13-24)34-18-16-33(17-19-34)15-14-28(36)31-20-27-32-26-5-3-2-4-25(26)29(37)35(27)23-8-6-21(30)7-9-23/h2-13H,14-20H2,1H3,(H,31,36). The molecule has 1 aliphatic rings. The van der Waals surface area contributed by atoms with Crippen molar-refractivity contribution in [1.82, 2.24) is 19.8 Å². The number of rotatable bonds is 8. The Bertz CT molecular complexity index is 1460. The molecule has 1 saturated heterocycles. The van der Waals surface area contributed by atoms with Gasteiger partial charge in [-0.1, -0.05) is 12.1 Å². The fraction of sp³-hybridized carbons (Fsp3) is 0.276. The number of amides is 1. The van der Waals surface area contributed by atoms with Crippen molar-refractivity contribution in [1.29, 1.82) is 0 Å². The fourth-order valence-corrected chi connectivity index (χ4v) is 4.70. The van der Waals surface area contributed by atoms with Gasteiger partial charge in [-0.3, -0.25) is 19.1 Å². The molecule has 38 heavy (non-hydrogen) atoms. The maximum atomic E-state index is 13.5. The van der Waals surface area contributed by atoms with Gasteiger partial charge in [0.25, 0.3) is 5.56 Å². The molecule has 0 saturated carbocycles. The van der Waals surface area contributed by atoms with Crippen LogP contribution in [0.2, 0.25) is 0 Å².